The second kappa shape index (κ2) is 5.95. The molecule has 1 aromatic heterocycles. The highest BCUT2D eigenvalue weighted by Gasteiger charge is 2.37. The second-order valence-corrected chi connectivity index (χ2v) is 5.82. The van der Waals surface area contributed by atoms with Crippen molar-refractivity contribution < 1.29 is 13.6 Å². The maximum absolute atomic E-state index is 13.9. The Morgan fingerprint density at radius 2 is 2.04 bits per heavy atom. The second-order valence-electron chi connectivity index (χ2n) is 5.82. The van der Waals surface area contributed by atoms with Crippen molar-refractivity contribution in [1.29, 1.82) is 0 Å². The molecule has 2 amide bonds. The molecule has 6 heteroatoms. The molecule has 1 saturated heterocycles. The first-order valence-corrected chi connectivity index (χ1v) is 7.36. The number of anilines is 1. The van der Waals surface area contributed by atoms with Crippen molar-refractivity contribution in [1.82, 2.24) is 9.88 Å². The number of carbonyl (C=O) groups excluding carboxylic acids is 1. The van der Waals surface area contributed by atoms with E-state index in [-0.39, 0.29) is 12.1 Å². The van der Waals surface area contributed by atoms with E-state index < -0.39 is 11.6 Å². The van der Waals surface area contributed by atoms with Crippen molar-refractivity contribution in [2.75, 3.05) is 18.5 Å². The molecule has 0 unspecified atom stereocenters. The largest absolute Gasteiger partial charge is 0.325 e. The van der Waals surface area contributed by atoms with Crippen molar-refractivity contribution >= 4 is 11.8 Å². The summed E-state index contributed by atoms with van der Waals surface area (Å²) in [6.07, 6.45) is 1.95. The van der Waals surface area contributed by atoms with Gasteiger partial charge in [0, 0.05) is 25.9 Å². The molecule has 0 bridgehead atoms. The first-order chi connectivity index (χ1) is 11.0. The number of pyridine rings is 1. The molecule has 0 radical (unpaired) electrons. The first kappa shape index (κ1) is 15.4. The Labute approximate surface area is 133 Å². The molecule has 1 aromatic carbocycles. The van der Waals surface area contributed by atoms with E-state index in [4.69, 9.17) is 0 Å². The Bertz CT molecular complexity index is 750. The number of likely N-dealkylation sites (N-methyl/N-ethyl adjacent to an activating group) is 1. The summed E-state index contributed by atoms with van der Waals surface area (Å²) in [5, 5.41) is 0. The van der Waals surface area contributed by atoms with E-state index in [0.717, 1.165) is 11.6 Å². The van der Waals surface area contributed by atoms with Gasteiger partial charge in [0.2, 0.25) is 0 Å². The number of carbonyl (C=O) groups is 1. The Kier molecular flexibility index (Phi) is 3.98. The van der Waals surface area contributed by atoms with Gasteiger partial charge in [0.15, 0.2) is 0 Å². The lowest BCUT2D eigenvalue weighted by atomic mass is 10.0. The Balaban J connectivity index is 1.91. The van der Waals surface area contributed by atoms with E-state index in [1.807, 2.05) is 19.1 Å². The SMILES string of the molecule is Cc1ccnc(N2C(=O)N(C)C[C@@H]2Cc2ccc(F)cc2F)c1. The van der Waals surface area contributed by atoms with Crippen LogP contribution in [0.3, 0.4) is 0 Å². The van der Waals surface area contributed by atoms with Crippen LogP contribution in [0.5, 0.6) is 0 Å². The predicted molar refractivity (Wildman–Crippen MR) is 83.3 cm³/mol. The summed E-state index contributed by atoms with van der Waals surface area (Å²) in [5.41, 5.74) is 1.38. The number of amides is 2. The standard InChI is InChI=1S/C17H17F2N3O/c1-11-5-6-20-16(7-11)22-14(10-21(2)17(22)23)8-12-3-4-13(18)9-15(12)19/h3-7,9,14H,8,10H2,1-2H3/t14-/m0/s1. The minimum Gasteiger partial charge on any atom is -0.325 e. The Morgan fingerprint density at radius 3 is 2.74 bits per heavy atom. The zero-order chi connectivity index (χ0) is 16.6. The third-order valence-electron chi connectivity index (χ3n) is 4.00. The molecular weight excluding hydrogens is 300 g/mol. The van der Waals surface area contributed by atoms with E-state index in [2.05, 4.69) is 4.98 Å². The van der Waals surface area contributed by atoms with Crippen LogP contribution in [0.4, 0.5) is 19.4 Å². The van der Waals surface area contributed by atoms with Crippen molar-refractivity contribution in [3.8, 4) is 0 Å². The van der Waals surface area contributed by atoms with Crippen LogP contribution in [-0.2, 0) is 6.42 Å². The number of hydrogen-bond acceptors (Lipinski definition) is 2. The number of nitrogens with zero attached hydrogens (tertiary/aromatic N) is 3. The summed E-state index contributed by atoms with van der Waals surface area (Å²) in [6, 6.07) is 6.78. The summed E-state index contributed by atoms with van der Waals surface area (Å²) in [7, 11) is 1.70. The van der Waals surface area contributed by atoms with Gasteiger partial charge in [-0.25, -0.2) is 18.6 Å². The van der Waals surface area contributed by atoms with E-state index in [1.54, 1.807) is 23.0 Å². The Hall–Kier alpha value is -2.50. The highest BCUT2D eigenvalue weighted by Crippen LogP contribution is 2.26. The molecule has 1 aliphatic rings. The third kappa shape index (κ3) is 3.02. The molecule has 1 fully saturated rings. The lowest BCUT2D eigenvalue weighted by molar-refractivity contribution is 0.229. The van der Waals surface area contributed by atoms with Crippen LogP contribution in [0.25, 0.3) is 0 Å². The van der Waals surface area contributed by atoms with Gasteiger partial charge in [0.05, 0.1) is 6.04 Å². The highest BCUT2D eigenvalue weighted by molar-refractivity contribution is 5.94. The van der Waals surface area contributed by atoms with Crippen LogP contribution in [0.2, 0.25) is 0 Å². The predicted octanol–water partition coefficient (Wildman–Crippen LogP) is 3.15. The van der Waals surface area contributed by atoms with Crippen LogP contribution in [-0.4, -0.2) is 35.5 Å². The molecule has 0 N–H and O–H groups in total. The van der Waals surface area contributed by atoms with Gasteiger partial charge in [0.1, 0.15) is 17.5 Å². The van der Waals surface area contributed by atoms with Crippen LogP contribution >= 0.6 is 0 Å². The molecule has 3 rings (SSSR count). The summed E-state index contributed by atoms with van der Waals surface area (Å²) in [5.74, 6) is -0.654. The van der Waals surface area contributed by atoms with Crippen LogP contribution in [0.15, 0.2) is 36.5 Å². The summed E-state index contributed by atoms with van der Waals surface area (Å²) in [4.78, 5) is 19.8. The fourth-order valence-electron chi connectivity index (χ4n) is 2.85. The fraction of sp³-hybridized carbons (Fsp3) is 0.294. The normalized spacial score (nSPS) is 17.9. The molecule has 4 nitrogen and oxygen atoms in total. The molecule has 0 saturated carbocycles. The van der Waals surface area contributed by atoms with Crippen molar-refractivity contribution in [2.45, 2.75) is 19.4 Å². The maximum atomic E-state index is 13.9. The molecule has 1 aliphatic heterocycles. The number of rotatable bonds is 3. The van der Waals surface area contributed by atoms with Crippen molar-refractivity contribution in [2.24, 2.45) is 0 Å². The number of benzene rings is 1. The first-order valence-electron chi connectivity index (χ1n) is 7.36. The molecule has 23 heavy (non-hydrogen) atoms. The number of aromatic nitrogens is 1. The lowest BCUT2D eigenvalue weighted by Crippen LogP contribution is -2.36. The van der Waals surface area contributed by atoms with Crippen LogP contribution in [0.1, 0.15) is 11.1 Å². The van der Waals surface area contributed by atoms with E-state index in [9.17, 15) is 13.6 Å². The average Bonchev–Trinajstić information content (AvgIpc) is 2.77. The summed E-state index contributed by atoms with van der Waals surface area (Å²) >= 11 is 0. The minimum atomic E-state index is -0.608. The van der Waals surface area contributed by atoms with Crippen LogP contribution in [0, 0.1) is 18.6 Å². The quantitative estimate of drug-likeness (QED) is 0.872. The number of urea groups is 1. The molecule has 0 spiro atoms. The van der Waals surface area contributed by atoms with Gasteiger partial charge in [0.25, 0.3) is 0 Å². The minimum absolute atomic E-state index is 0.171. The highest BCUT2D eigenvalue weighted by atomic mass is 19.1. The summed E-state index contributed by atoms with van der Waals surface area (Å²) in [6.45, 7) is 2.38. The monoisotopic (exact) mass is 317 g/mol. The van der Waals surface area contributed by atoms with Crippen molar-refractivity contribution in [3.63, 3.8) is 0 Å². The van der Waals surface area contributed by atoms with Crippen LogP contribution < -0.4 is 4.90 Å². The van der Waals surface area contributed by atoms with E-state index >= 15 is 0 Å². The molecule has 2 heterocycles. The average molecular weight is 317 g/mol. The van der Waals surface area contributed by atoms with E-state index in [1.165, 1.54) is 12.1 Å². The van der Waals surface area contributed by atoms with Gasteiger partial charge in [-0.3, -0.25) is 4.90 Å². The van der Waals surface area contributed by atoms with Gasteiger partial charge in [-0.1, -0.05) is 6.07 Å². The third-order valence-corrected chi connectivity index (χ3v) is 4.00. The van der Waals surface area contributed by atoms with Gasteiger partial charge < -0.3 is 4.90 Å². The number of aryl methyl sites for hydroxylation is 1. The van der Waals surface area contributed by atoms with Gasteiger partial charge in [-0.2, -0.15) is 0 Å². The molecule has 1 atom stereocenters. The zero-order valence-electron chi connectivity index (χ0n) is 13.0. The number of hydrogen-bond donors (Lipinski definition) is 0. The number of halogens is 2. The van der Waals surface area contributed by atoms with Gasteiger partial charge in [-0.05, 0) is 42.7 Å². The van der Waals surface area contributed by atoms with E-state index in [0.29, 0.717) is 24.3 Å². The maximum Gasteiger partial charge on any atom is 0.325 e. The van der Waals surface area contributed by atoms with Gasteiger partial charge >= 0.3 is 6.03 Å². The molecule has 120 valence electrons. The molecule has 2 aromatic rings. The summed E-state index contributed by atoms with van der Waals surface area (Å²) < 4.78 is 27.0. The topological polar surface area (TPSA) is 36.4 Å². The smallest absolute Gasteiger partial charge is 0.325 e. The molecule has 0 aliphatic carbocycles. The fourth-order valence-corrected chi connectivity index (χ4v) is 2.85. The van der Waals surface area contributed by atoms with Crippen molar-refractivity contribution in [3.05, 3.63) is 59.3 Å². The lowest BCUT2D eigenvalue weighted by Gasteiger charge is -2.22. The molecular formula is C17H17F2N3O. The van der Waals surface area contributed by atoms with Gasteiger partial charge in [-0.15, -0.1) is 0 Å². The zero-order valence-corrected chi connectivity index (χ0v) is 13.0. The Morgan fingerprint density at radius 1 is 1.26 bits per heavy atom.